The maximum Gasteiger partial charge on any atom is 0.248 e. The van der Waals surface area contributed by atoms with Gasteiger partial charge < -0.3 is 0 Å². The molecule has 0 fully saturated rings. The Labute approximate surface area is 186 Å². The van der Waals surface area contributed by atoms with E-state index in [1.807, 2.05) is 24.5 Å². The molecule has 0 aliphatic heterocycles. The molecule has 0 radical (unpaired) electrons. The van der Waals surface area contributed by atoms with Gasteiger partial charge in [0.15, 0.2) is 0 Å². The Kier molecular flexibility index (Phi) is 7.65. The van der Waals surface area contributed by atoms with Gasteiger partial charge in [0.25, 0.3) is 0 Å². The average molecular weight is 416 g/mol. The van der Waals surface area contributed by atoms with Crippen molar-refractivity contribution in [2.24, 2.45) is 0 Å². The largest absolute Gasteiger partial charge is 0.254 e. The summed E-state index contributed by atoms with van der Waals surface area (Å²) in [5.41, 5.74) is 3.09. The number of fused-ring (bicyclic) bond motifs is 3. The highest BCUT2D eigenvalue weighted by Crippen LogP contribution is 2.27. The molecular weight excluding hydrogens is 380 g/mol. The monoisotopic (exact) mass is 415 g/mol. The Hall–Kier alpha value is -2.75. The predicted octanol–water partition coefficient (Wildman–Crippen LogP) is 6.78. The molecule has 0 N–H and O–H groups in total. The summed E-state index contributed by atoms with van der Waals surface area (Å²) in [4.78, 5) is 9.19. The van der Waals surface area contributed by atoms with Crippen molar-refractivity contribution in [3.63, 3.8) is 0 Å². The van der Waals surface area contributed by atoms with Crippen LogP contribution < -0.4 is 4.57 Å². The van der Waals surface area contributed by atoms with Gasteiger partial charge in [0, 0.05) is 23.2 Å². The highest BCUT2D eigenvalue weighted by atomic mass is 15.1. The number of hydrogen-bond donors (Lipinski definition) is 0. The molecule has 3 heterocycles. The van der Waals surface area contributed by atoms with Gasteiger partial charge in [-0.2, -0.15) is 0 Å². The fraction of sp³-hybridized carbons (Fsp3) is 0.444. The lowest BCUT2D eigenvalue weighted by Crippen LogP contribution is -2.30. The first kappa shape index (κ1) is 21.5. The van der Waals surface area contributed by atoms with Gasteiger partial charge >= 0.3 is 0 Å². The van der Waals surface area contributed by atoms with Gasteiger partial charge in [0.1, 0.15) is 23.6 Å². The van der Waals surface area contributed by atoms with Crippen molar-refractivity contribution >= 4 is 21.8 Å². The molecule has 0 unspecified atom stereocenters. The summed E-state index contributed by atoms with van der Waals surface area (Å²) in [7, 11) is 0. The van der Waals surface area contributed by atoms with Crippen LogP contribution in [0.3, 0.4) is 0 Å². The number of nitrogens with zero attached hydrogens (tertiary/aromatic N) is 4. The van der Waals surface area contributed by atoms with E-state index in [9.17, 15) is 0 Å². The molecule has 0 atom stereocenters. The number of rotatable bonds is 12. The lowest BCUT2D eigenvalue weighted by atomic mass is 10.1. The highest BCUT2D eigenvalue weighted by Gasteiger charge is 2.14. The van der Waals surface area contributed by atoms with Gasteiger partial charge in [-0.15, -0.1) is 0 Å². The minimum atomic E-state index is 0.963. The van der Waals surface area contributed by atoms with Crippen LogP contribution in [0, 0.1) is 0 Å². The fourth-order valence-electron chi connectivity index (χ4n) is 4.42. The van der Waals surface area contributed by atoms with Crippen molar-refractivity contribution in [3.05, 3.63) is 61.4 Å². The topological polar surface area (TPSA) is 34.6 Å². The van der Waals surface area contributed by atoms with Crippen molar-refractivity contribution < 1.29 is 4.57 Å². The van der Waals surface area contributed by atoms with Crippen LogP contribution in [0.5, 0.6) is 0 Å². The van der Waals surface area contributed by atoms with Crippen LogP contribution in [0.15, 0.2) is 61.4 Å². The average Bonchev–Trinajstić information content (AvgIpc) is 3.28. The zero-order valence-electron chi connectivity index (χ0n) is 18.8. The molecule has 162 valence electrons. The van der Waals surface area contributed by atoms with Gasteiger partial charge in [0.2, 0.25) is 6.33 Å². The second-order valence-corrected chi connectivity index (χ2v) is 8.61. The Morgan fingerprint density at radius 2 is 1.48 bits per heavy atom. The Morgan fingerprint density at radius 1 is 0.806 bits per heavy atom. The minimum absolute atomic E-state index is 0.963. The summed E-state index contributed by atoms with van der Waals surface area (Å²) in [6.45, 7) is 3.36. The zero-order valence-corrected chi connectivity index (χ0v) is 18.8. The number of aryl methyl sites for hydroxylation is 1. The van der Waals surface area contributed by atoms with E-state index < -0.39 is 0 Å². The smallest absolute Gasteiger partial charge is 0.248 e. The van der Waals surface area contributed by atoms with Crippen molar-refractivity contribution in [1.29, 1.82) is 0 Å². The summed E-state index contributed by atoms with van der Waals surface area (Å²) in [6.07, 6.45) is 24.0. The predicted molar refractivity (Wildman–Crippen MR) is 128 cm³/mol. The van der Waals surface area contributed by atoms with Gasteiger partial charge in [-0.1, -0.05) is 64.4 Å². The van der Waals surface area contributed by atoms with Crippen molar-refractivity contribution in [1.82, 2.24) is 14.5 Å². The number of unbranched alkanes of at least 4 members (excludes halogenated alkanes) is 9. The van der Waals surface area contributed by atoms with Crippen LogP contribution in [0.25, 0.3) is 27.5 Å². The van der Waals surface area contributed by atoms with Gasteiger partial charge in [-0.25, -0.2) is 9.13 Å². The third-order valence-electron chi connectivity index (χ3n) is 6.18. The molecule has 0 aliphatic rings. The normalized spacial score (nSPS) is 11.5. The molecule has 0 bridgehead atoms. The lowest BCUT2D eigenvalue weighted by molar-refractivity contribution is -0.696. The molecule has 0 aliphatic carbocycles. The van der Waals surface area contributed by atoms with Crippen LogP contribution in [0.2, 0.25) is 0 Å². The minimum Gasteiger partial charge on any atom is -0.254 e. The van der Waals surface area contributed by atoms with E-state index in [4.69, 9.17) is 0 Å². The standard InChI is InChI=1S/C27H35N4/c1-2-3-4-5-6-7-8-9-10-11-18-30-19-20-31(22-30)25-21-23-14-12-16-28-26(23)27-24(25)15-13-17-29-27/h12-17,19-22H,2-11,18H2,1H3/q+1. The fourth-order valence-corrected chi connectivity index (χ4v) is 4.42. The molecule has 0 saturated carbocycles. The molecular formula is C27H35N4+. The number of hydrogen-bond acceptors (Lipinski definition) is 2. The molecule has 0 amide bonds. The van der Waals surface area contributed by atoms with E-state index in [1.165, 1.54) is 64.2 Å². The summed E-state index contributed by atoms with van der Waals surface area (Å²) < 4.78 is 4.52. The van der Waals surface area contributed by atoms with E-state index in [0.29, 0.717) is 0 Å². The first-order chi connectivity index (χ1) is 15.4. The second kappa shape index (κ2) is 11.0. The lowest BCUT2D eigenvalue weighted by Gasteiger charge is -2.06. The first-order valence-electron chi connectivity index (χ1n) is 12.1. The molecule has 4 nitrogen and oxygen atoms in total. The number of aromatic nitrogens is 4. The summed E-state index contributed by atoms with van der Waals surface area (Å²) >= 11 is 0. The van der Waals surface area contributed by atoms with Crippen molar-refractivity contribution in [2.45, 2.75) is 77.7 Å². The third-order valence-corrected chi connectivity index (χ3v) is 6.18. The van der Waals surface area contributed by atoms with Crippen LogP contribution in [-0.4, -0.2) is 14.5 Å². The number of imidazole rings is 1. The van der Waals surface area contributed by atoms with Crippen molar-refractivity contribution in [2.75, 3.05) is 0 Å². The molecule has 1 aromatic carbocycles. The van der Waals surface area contributed by atoms with Crippen LogP contribution in [0.4, 0.5) is 0 Å². The molecule has 3 aromatic heterocycles. The van der Waals surface area contributed by atoms with Crippen LogP contribution >= 0.6 is 0 Å². The second-order valence-electron chi connectivity index (χ2n) is 8.61. The SMILES string of the molecule is CCCCCCCCCCCC[n+]1ccn(-c2cc3cccnc3c3ncccc23)c1. The number of benzene rings is 1. The number of pyridine rings is 2. The van der Waals surface area contributed by atoms with Crippen LogP contribution in [0.1, 0.15) is 71.1 Å². The quantitative estimate of drug-likeness (QED) is 0.145. The molecule has 4 heteroatoms. The van der Waals surface area contributed by atoms with E-state index in [-0.39, 0.29) is 0 Å². The molecule has 4 aromatic rings. The Balaban J connectivity index is 1.33. The van der Waals surface area contributed by atoms with Crippen LogP contribution in [-0.2, 0) is 6.54 Å². The molecule has 31 heavy (non-hydrogen) atoms. The zero-order chi connectivity index (χ0) is 21.3. The van der Waals surface area contributed by atoms with Gasteiger partial charge in [0.05, 0.1) is 12.1 Å². The van der Waals surface area contributed by atoms with E-state index in [1.54, 1.807) is 0 Å². The van der Waals surface area contributed by atoms with E-state index >= 15 is 0 Å². The summed E-state index contributed by atoms with van der Waals surface area (Å²) in [5, 5.41) is 2.26. The van der Waals surface area contributed by atoms with Gasteiger partial charge in [-0.3, -0.25) is 9.97 Å². The summed E-state index contributed by atoms with van der Waals surface area (Å²) in [6, 6.07) is 10.5. The molecule has 4 rings (SSSR count). The first-order valence-corrected chi connectivity index (χ1v) is 12.1. The van der Waals surface area contributed by atoms with Crippen molar-refractivity contribution in [3.8, 4) is 5.69 Å². The Bertz CT molecular complexity index is 1100. The van der Waals surface area contributed by atoms with E-state index in [2.05, 4.69) is 62.9 Å². The summed E-state index contributed by atoms with van der Waals surface area (Å²) in [5.74, 6) is 0. The van der Waals surface area contributed by atoms with E-state index in [0.717, 1.165) is 34.0 Å². The third kappa shape index (κ3) is 5.49. The highest BCUT2D eigenvalue weighted by molar-refractivity contribution is 6.06. The maximum absolute atomic E-state index is 4.63. The Morgan fingerprint density at radius 3 is 2.26 bits per heavy atom. The maximum atomic E-state index is 4.63. The molecule has 0 saturated heterocycles. The van der Waals surface area contributed by atoms with Gasteiger partial charge in [-0.05, 0) is 37.1 Å². The molecule has 0 spiro atoms.